The van der Waals surface area contributed by atoms with Crippen molar-refractivity contribution in [1.29, 1.82) is 5.41 Å². The zero-order chi connectivity index (χ0) is 26.8. The Labute approximate surface area is 213 Å². The molecule has 0 aliphatic carbocycles. The van der Waals surface area contributed by atoms with Gasteiger partial charge in [0.2, 0.25) is 0 Å². The second-order valence-corrected chi connectivity index (χ2v) is 7.94. The lowest BCUT2D eigenvalue weighted by Crippen LogP contribution is -2.37. The molecule has 1 aliphatic rings. The fourth-order valence-corrected chi connectivity index (χ4v) is 3.62. The minimum Gasteiger partial charge on any atom is -0.515 e. The summed E-state index contributed by atoms with van der Waals surface area (Å²) in [5.41, 5.74) is 6.18. The van der Waals surface area contributed by atoms with E-state index < -0.39 is 24.0 Å². The molecule has 0 saturated carbocycles. The monoisotopic (exact) mass is 512 g/mol. The van der Waals surface area contributed by atoms with Gasteiger partial charge in [0.25, 0.3) is 0 Å². The first-order valence-corrected chi connectivity index (χ1v) is 11.5. The summed E-state index contributed by atoms with van der Waals surface area (Å²) in [6.45, 7) is 2.70. The first-order valence-electron chi connectivity index (χ1n) is 11.5. The maximum absolute atomic E-state index is 15.0. The molecule has 37 heavy (non-hydrogen) atoms. The summed E-state index contributed by atoms with van der Waals surface area (Å²) in [4.78, 5) is 30.3. The van der Waals surface area contributed by atoms with Crippen molar-refractivity contribution in [2.24, 2.45) is 5.73 Å². The second kappa shape index (κ2) is 12.9. The summed E-state index contributed by atoms with van der Waals surface area (Å²) in [6.07, 6.45) is 6.13. The third kappa shape index (κ3) is 7.19. The fraction of sp³-hybridized carbons (Fsp3) is 0.280. The highest BCUT2D eigenvalue weighted by molar-refractivity contribution is 5.90. The van der Waals surface area contributed by atoms with Crippen molar-refractivity contribution in [2.75, 3.05) is 36.0 Å². The smallest absolute Gasteiger partial charge is 0.414 e. The summed E-state index contributed by atoms with van der Waals surface area (Å²) in [5.74, 6) is 0.359. The molecule has 11 nitrogen and oxygen atoms in total. The number of nitrogens with zero attached hydrogens (tertiary/aromatic N) is 3. The molecule has 3 rings (SSSR count). The molecule has 2 heterocycles. The van der Waals surface area contributed by atoms with Gasteiger partial charge in [0.05, 0.1) is 24.8 Å². The minimum atomic E-state index is -0.660. The molecule has 1 aliphatic heterocycles. The second-order valence-electron chi connectivity index (χ2n) is 7.94. The van der Waals surface area contributed by atoms with Crippen LogP contribution in [-0.2, 0) is 9.47 Å². The molecule has 0 spiro atoms. The summed E-state index contributed by atoms with van der Waals surface area (Å²) in [7, 11) is 0. The first kappa shape index (κ1) is 27.0. The van der Waals surface area contributed by atoms with Gasteiger partial charge in [-0.05, 0) is 42.8 Å². The van der Waals surface area contributed by atoms with Crippen LogP contribution in [0.3, 0.4) is 0 Å². The van der Waals surface area contributed by atoms with Gasteiger partial charge < -0.3 is 30.5 Å². The van der Waals surface area contributed by atoms with Gasteiger partial charge in [0, 0.05) is 36.5 Å². The summed E-state index contributed by atoms with van der Waals surface area (Å²) in [5, 5.41) is 18.9. The largest absolute Gasteiger partial charge is 0.515 e. The van der Waals surface area contributed by atoms with E-state index in [0.29, 0.717) is 29.2 Å². The Kier molecular flexibility index (Phi) is 9.41. The molecule has 1 fully saturated rings. The lowest BCUT2D eigenvalue weighted by Gasteiger charge is -2.18. The van der Waals surface area contributed by atoms with E-state index >= 15 is 4.39 Å². The van der Waals surface area contributed by atoms with E-state index in [2.05, 4.69) is 10.3 Å². The molecule has 12 heteroatoms. The molecule has 0 radical (unpaired) electrons. The molecule has 1 aromatic carbocycles. The third-order valence-corrected chi connectivity index (χ3v) is 5.38. The van der Waals surface area contributed by atoms with Gasteiger partial charge in [-0.2, -0.15) is 0 Å². The average Bonchev–Trinajstić information content (AvgIpc) is 3.26. The number of aliphatic hydroxyl groups is 1. The molecule has 2 aromatic rings. The van der Waals surface area contributed by atoms with Crippen molar-refractivity contribution in [1.82, 2.24) is 10.3 Å². The number of urea groups is 1. The number of aliphatic hydroxyl groups excluding tert-OH is 1. The number of benzene rings is 1. The van der Waals surface area contributed by atoms with Gasteiger partial charge in [-0.25, -0.2) is 19.0 Å². The van der Waals surface area contributed by atoms with Crippen LogP contribution in [0.4, 0.5) is 25.5 Å². The van der Waals surface area contributed by atoms with Crippen LogP contribution in [0.25, 0.3) is 11.1 Å². The number of cyclic esters (lactones) is 1. The number of ether oxygens (including phenoxy) is 2. The van der Waals surface area contributed by atoms with E-state index in [1.54, 1.807) is 30.3 Å². The van der Waals surface area contributed by atoms with Crippen LogP contribution in [0.1, 0.15) is 13.3 Å². The number of rotatable bonds is 12. The number of carbonyl (C=O) groups is 2. The minimum absolute atomic E-state index is 0.0857. The van der Waals surface area contributed by atoms with E-state index in [0.717, 1.165) is 12.6 Å². The topological polar surface area (TPSA) is 154 Å². The Morgan fingerprint density at radius 3 is 2.86 bits per heavy atom. The van der Waals surface area contributed by atoms with Crippen LogP contribution in [-0.4, -0.2) is 60.9 Å². The van der Waals surface area contributed by atoms with Gasteiger partial charge in [0.15, 0.2) is 6.10 Å². The number of pyridine rings is 1. The Morgan fingerprint density at radius 1 is 1.43 bits per heavy atom. The molecule has 1 unspecified atom stereocenters. The standard InChI is InChI=1S/C25H29FN6O5/c1-2-3-19(8-11-33)36-15-20-14-32(25(35)37-20)18-5-6-21(22(26)12-18)17-4-7-23(30-13-17)31(16-27)10-9-29-24(28)34/h3-8,11-13,16,20,27,33H,2,9-10,14-15H2,1H3,(H3,28,29,34)/b11-8-,19-3+,27-16?. The van der Waals surface area contributed by atoms with Crippen LogP contribution in [0, 0.1) is 11.2 Å². The Bertz CT molecular complexity index is 1170. The number of hydrogen-bond acceptors (Lipinski definition) is 7. The van der Waals surface area contributed by atoms with E-state index in [1.807, 2.05) is 6.92 Å². The third-order valence-electron chi connectivity index (χ3n) is 5.38. The molecular formula is C25H29FN6O5. The zero-order valence-corrected chi connectivity index (χ0v) is 20.3. The van der Waals surface area contributed by atoms with Crippen LogP contribution in [0.15, 0.2) is 60.7 Å². The molecule has 3 amide bonds. The highest BCUT2D eigenvalue weighted by Gasteiger charge is 2.33. The van der Waals surface area contributed by atoms with Crippen LogP contribution < -0.4 is 20.9 Å². The highest BCUT2D eigenvalue weighted by Crippen LogP contribution is 2.29. The summed E-state index contributed by atoms with van der Waals surface area (Å²) in [6, 6.07) is 7.06. The molecule has 1 saturated heterocycles. The highest BCUT2D eigenvalue weighted by atomic mass is 19.1. The van der Waals surface area contributed by atoms with Crippen molar-refractivity contribution in [3.8, 4) is 11.1 Å². The van der Waals surface area contributed by atoms with Crippen molar-refractivity contribution in [3.63, 3.8) is 0 Å². The molecule has 0 bridgehead atoms. The zero-order valence-electron chi connectivity index (χ0n) is 20.3. The maximum atomic E-state index is 15.0. The van der Waals surface area contributed by atoms with Gasteiger partial charge in [-0.15, -0.1) is 0 Å². The van der Waals surface area contributed by atoms with Crippen LogP contribution >= 0.6 is 0 Å². The van der Waals surface area contributed by atoms with Gasteiger partial charge in [-0.3, -0.25) is 10.3 Å². The summed E-state index contributed by atoms with van der Waals surface area (Å²) >= 11 is 0. The van der Waals surface area contributed by atoms with Gasteiger partial charge >= 0.3 is 12.1 Å². The van der Waals surface area contributed by atoms with E-state index in [9.17, 15) is 9.59 Å². The van der Waals surface area contributed by atoms with E-state index in [-0.39, 0.29) is 31.8 Å². The van der Waals surface area contributed by atoms with Crippen molar-refractivity contribution in [3.05, 3.63) is 66.5 Å². The van der Waals surface area contributed by atoms with Crippen molar-refractivity contribution >= 4 is 30.0 Å². The van der Waals surface area contributed by atoms with E-state index in [4.69, 9.17) is 25.7 Å². The maximum Gasteiger partial charge on any atom is 0.414 e. The Hall–Kier alpha value is -4.61. The summed E-state index contributed by atoms with van der Waals surface area (Å²) < 4.78 is 26.0. The predicted octanol–water partition coefficient (Wildman–Crippen LogP) is 3.68. The van der Waals surface area contributed by atoms with Crippen LogP contribution in [0.2, 0.25) is 0 Å². The number of hydrogen-bond donors (Lipinski definition) is 4. The number of nitrogens with one attached hydrogen (secondary N) is 2. The number of anilines is 2. The van der Waals surface area contributed by atoms with Gasteiger partial charge in [0.1, 0.15) is 24.0 Å². The SMILES string of the molecule is CC/C=C(\C=C/O)OCC1CN(c2ccc(-c3ccc(N(C=N)CCNC(N)=O)nc3)c(F)c2)C(=O)O1. The number of allylic oxidation sites excluding steroid dienone is 2. The van der Waals surface area contributed by atoms with E-state index in [1.165, 1.54) is 28.1 Å². The molecular weight excluding hydrogens is 483 g/mol. The molecule has 1 atom stereocenters. The Balaban J connectivity index is 1.66. The molecule has 1 aromatic heterocycles. The molecule has 5 N–H and O–H groups in total. The fourth-order valence-electron chi connectivity index (χ4n) is 3.62. The van der Waals surface area contributed by atoms with Crippen molar-refractivity contribution < 1.29 is 28.6 Å². The Morgan fingerprint density at radius 2 is 2.24 bits per heavy atom. The quantitative estimate of drug-likeness (QED) is 0.146. The van der Waals surface area contributed by atoms with Crippen molar-refractivity contribution in [2.45, 2.75) is 19.4 Å². The number of aromatic nitrogens is 1. The normalized spacial score (nSPS) is 15.5. The predicted molar refractivity (Wildman–Crippen MR) is 137 cm³/mol. The number of amides is 3. The number of carbonyl (C=O) groups excluding carboxylic acids is 2. The van der Waals surface area contributed by atoms with Crippen LogP contribution in [0.5, 0.6) is 0 Å². The average molecular weight is 513 g/mol. The van der Waals surface area contributed by atoms with Gasteiger partial charge in [-0.1, -0.05) is 6.92 Å². The first-order chi connectivity index (χ1) is 17.9. The number of halogens is 1. The number of nitrogens with two attached hydrogens (primary N) is 1. The number of primary amides is 1. The molecule has 196 valence electrons. The lowest BCUT2D eigenvalue weighted by atomic mass is 10.1. The lowest BCUT2D eigenvalue weighted by molar-refractivity contribution is 0.0805.